The van der Waals surface area contributed by atoms with E-state index in [9.17, 15) is 10.1 Å². The van der Waals surface area contributed by atoms with Crippen LogP contribution in [0.3, 0.4) is 0 Å². The van der Waals surface area contributed by atoms with E-state index in [1.54, 1.807) is 6.92 Å². The van der Waals surface area contributed by atoms with Crippen LogP contribution >= 0.6 is 11.8 Å². The Bertz CT molecular complexity index is 386. The predicted octanol–water partition coefficient (Wildman–Crippen LogP) is 0.744. The summed E-state index contributed by atoms with van der Waals surface area (Å²) >= 11 is 1.26. The van der Waals surface area contributed by atoms with Gasteiger partial charge in [0.05, 0.1) is 22.7 Å². The molecule has 1 aromatic rings. The quantitative estimate of drug-likeness (QED) is 0.450. The van der Waals surface area contributed by atoms with Crippen LogP contribution in [0.25, 0.3) is 0 Å². The van der Waals surface area contributed by atoms with Crippen molar-refractivity contribution in [3.05, 3.63) is 27.9 Å². The highest BCUT2D eigenvalue weighted by molar-refractivity contribution is 7.99. The Labute approximate surface area is 96.5 Å². The van der Waals surface area contributed by atoms with Gasteiger partial charge in [-0.05, 0) is 12.5 Å². The molecule has 0 spiro atoms. The van der Waals surface area contributed by atoms with E-state index in [1.807, 2.05) is 0 Å². The topological polar surface area (TPSA) is 96.5 Å². The first-order valence-electron chi connectivity index (χ1n) is 4.57. The van der Waals surface area contributed by atoms with Crippen LogP contribution in [0.4, 0.5) is 5.69 Å². The first-order chi connectivity index (χ1) is 7.54. The Kier molecular flexibility index (Phi) is 4.66. The zero-order valence-electron chi connectivity index (χ0n) is 8.66. The number of aliphatic hydroxyl groups excluding tert-OH is 2. The number of aliphatic hydroxyl groups is 2. The molecule has 1 rings (SSSR count). The fraction of sp³-hybridized carbons (Fsp3) is 0.444. The van der Waals surface area contributed by atoms with Crippen LogP contribution in [-0.2, 0) is 0 Å². The highest BCUT2D eigenvalue weighted by Crippen LogP contribution is 2.23. The molecule has 0 fully saturated rings. The smallest absolute Gasteiger partial charge is 0.287 e. The Morgan fingerprint density at radius 3 is 2.88 bits per heavy atom. The number of hydrogen-bond acceptors (Lipinski definition) is 6. The summed E-state index contributed by atoms with van der Waals surface area (Å²) in [5.74, 6) is 0.308. The molecule has 16 heavy (non-hydrogen) atoms. The standard InChI is InChI=1S/C9H12N2O4S/c1-6-2-7(11(14)15)3-10-9(6)16-5-8(13)4-12/h2-3,8,12-13H,4-5H2,1H3. The normalized spacial score (nSPS) is 12.4. The van der Waals surface area contributed by atoms with Crippen LogP contribution in [0.1, 0.15) is 5.56 Å². The second-order valence-electron chi connectivity index (χ2n) is 3.22. The van der Waals surface area contributed by atoms with Gasteiger partial charge >= 0.3 is 0 Å². The van der Waals surface area contributed by atoms with Gasteiger partial charge in [0.15, 0.2) is 0 Å². The molecule has 2 N–H and O–H groups in total. The molecule has 1 heterocycles. The van der Waals surface area contributed by atoms with Crippen molar-refractivity contribution in [1.82, 2.24) is 4.98 Å². The van der Waals surface area contributed by atoms with Crippen molar-refractivity contribution in [3.8, 4) is 0 Å². The lowest BCUT2D eigenvalue weighted by molar-refractivity contribution is -0.385. The number of aryl methyl sites for hydroxylation is 1. The minimum Gasteiger partial charge on any atom is -0.394 e. The zero-order chi connectivity index (χ0) is 12.1. The molecule has 1 unspecified atom stereocenters. The summed E-state index contributed by atoms with van der Waals surface area (Å²) in [4.78, 5) is 13.9. The van der Waals surface area contributed by atoms with Gasteiger partial charge in [0.25, 0.3) is 5.69 Å². The molecule has 88 valence electrons. The van der Waals surface area contributed by atoms with Gasteiger partial charge in [0, 0.05) is 11.8 Å². The second kappa shape index (κ2) is 5.78. The predicted molar refractivity (Wildman–Crippen MR) is 59.4 cm³/mol. The second-order valence-corrected chi connectivity index (χ2v) is 4.23. The van der Waals surface area contributed by atoms with Crippen LogP contribution in [0, 0.1) is 17.0 Å². The monoisotopic (exact) mass is 244 g/mol. The van der Waals surface area contributed by atoms with Crippen molar-refractivity contribution in [2.75, 3.05) is 12.4 Å². The molecule has 0 aliphatic rings. The van der Waals surface area contributed by atoms with Crippen LogP contribution in [-0.4, -0.2) is 38.6 Å². The minimum atomic E-state index is -0.804. The van der Waals surface area contributed by atoms with Gasteiger partial charge in [-0.3, -0.25) is 10.1 Å². The maximum absolute atomic E-state index is 10.5. The molecule has 0 bridgehead atoms. The molecular formula is C9H12N2O4S. The summed E-state index contributed by atoms with van der Waals surface area (Å²) in [6, 6.07) is 1.43. The number of aromatic nitrogens is 1. The van der Waals surface area contributed by atoms with Gasteiger partial charge < -0.3 is 10.2 Å². The lowest BCUT2D eigenvalue weighted by Crippen LogP contribution is -2.14. The van der Waals surface area contributed by atoms with E-state index < -0.39 is 11.0 Å². The third kappa shape index (κ3) is 3.44. The molecule has 1 atom stereocenters. The Morgan fingerprint density at radius 1 is 1.69 bits per heavy atom. The Hall–Kier alpha value is -1.18. The van der Waals surface area contributed by atoms with Crippen LogP contribution in [0.2, 0.25) is 0 Å². The molecule has 0 radical (unpaired) electrons. The molecule has 0 aliphatic heterocycles. The average molecular weight is 244 g/mol. The van der Waals surface area contributed by atoms with E-state index in [4.69, 9.17) is 10.2 Å². The lowest BCUT2D eigenvalue weighted by Gasteiger charge is -2.07. The number of hydrogen-bond donors (Lipinski definition) is 2. The Morgan fingerprint density at radius 2 is 2.38 bits per heavy atom. The molecule has 0 saturated carbocycles. The highest BCUT2D eigenvalue weighted by atomic mass is 32.2. The van der Waals surface area contributed by atoms with E-state index in [2.05, 4.69) is 4.98 Å². The minimum absolute atomic E-state index is 0.0513. The van der Waals surface area contributed by atoms with Gasteiger partial charge in [0.2, 0.25) is 0 Å². The van der Waals surface area contributed by atoms with Gasteiger partial charge in [0.1, 0.15) is 6.20 Å². The van der Waals surface area contributed by atoms with Crippen LogP contribution in [0.15, 0.2) is 17.3 Å². The highest BCUT2D eigenvalue weighted by Gasteiger charge is 2.11. The fourth-order valence-electron chi connectivity index (χ4n) is 1.03. The summed E-state index contributed by atoms with van der Waals surface area (Å²) < 4.78 is 0. The number of pyridine rings is 1. The Balaban J connectivity index is 2.72. The lowest BCUT2D eigenvalue weighted by atomic mass is 10.3. The summed E-state index contributed by atoms with van der Waals surface area (Å²) in [7, 11) is 0. The average Bonchev–Trinajstić information content (AvgIpc) is 2.26. The molecular weight excluding hydrogens is 232 g/mol. The number of thioether (sulfide) groups is 1. The van der Waals surface area contributed by atoms with Gasteiger partial charge in [-0.15, -0.1) is 11.8 Å². The van der Waals surface area contributed by atoms with Crippen LogP contribution < -0.4 is 0 Å². The molecule has 0 aromatic carbocycles. The van der Waals surface area contributed by atoms with Crippen molar-refractivity contribution in [2.24, 2.45) is 0 Å². The van der Waals surface area contributed by atoms with Gasteiger partial charge in [-0.2, -0.15) is 0 Å². The summed E-state index contributed by atoms with van der Waals surface area (Å²) in [6.07, 6.45) is 0.377. The zero-order valence-corrected chi connectivity index (χ0v) is 9.48. The first kappa shape index (κ1) is 12.9. The van der Waals surface area contributed by atoms with E-state index in [0.717, 1.165) is 0 Å². The molecule has 0 saturated heterocycles. The first-order valence-corrected chi connectivity index (χ1v) is 5.56. The molecule has 0 amide bonds. The van der Waals surface area contributed by atoms with E-state index >= 15 is 0 Å². The third-order valence-electron chi connectivity index (χ3n) is 1.85. The van der Waals surface area contributed by atoms with Crippen molar-refractivity contribution >= 4 is 17.4 Å². The summed E-state index contributed by atoms with van der Waals surface area (Å²) in [5, 5.41) is 28.9. The largest absolute Gasteiger partial charge is 0.394 e. The molecule has 7 heteroatoms. The number of nitro groups is 1. The van der Waals surface area contributed by atoms with Crippen molar-refractivity contribution < 1.29 is 15.1 Å². The maximum atomic E-state index is 10.5. The number of nitrogens with zero attached hydrogens (tertiary/aromatic N) is 2. The van der Waals surface area contributed by atoms with Crippen LogP contribution in [0.5, 0.6) is 0 Å². The summed E-state index contributed by atoms with van der Waals surface area (Å²) in [6.45, 7) is 1.41. The maximum Gasteiger partial charge on any atom is 0.287 e. The molecule has 0 aliphatic carbocycles. The van der Waals surface area contributed by atoms with E-state index in [1.165, 1.54) is 24.0 Å². The number of rotatable bonds is 5. The van der Waals surface area contributed by atoms with Gasteiger partial charge in [-0.25, -0.2) is 4.98 Å². The van der Waals surface area contributed by atoms with E-state index in [0.29, 0.717) is 16.3 Å². The van der Waals surface area contributed by atoms with Gasteiger partial charge in [-0.1, -0.05) is 0 Å². The van der Waals surface area contributed by atoms with Crippen molar-refractivity contribution in [1.29, 1.82) is 0 Å². The fourth-order valence-corrected chi connectivity index (χ4v) is 1.90. The molecule has 1 aromatic heterocycles. The summed E-state index contributed by atoms with van der Waals surface area (Å²) in [5.41, 5.74) is 0.633. The molecule has 6 nitrogen and oxygen atoms in total. The van der Waals surface area contributed by atoms with Crippen molar-refractivity contribution in [3.63, 3.8) is 0 Å². The third-order valence-corrected chi connectivity index (χ3v) is 3.10. The SMILES string of the molecule is Cc1cc([N+](=O)[O-])cnc1SCC(O)CO. The van der Waals surface area contributed by atoms with Crippen molar-refractivity contribution in [2.45, 2.75) is 18.1 Å². The van der Waals surface area contributed by atoms with E-state index in [-0.39, 0.29) is 12.3 Å².